The van der Waals surface area contributed by atoms with Crippen LogP contribution in [0.3, 0.4) is 0 Å². The van der Waals surface area contributed by atoms with Crippen LogP contribution in [0.5, 0.6) is 0 Å². The van der Waals surface area contributed by atoms with Crippen molar-refractivity contribution in [3.8, 4) is 0 Å². The van der Waals surface area contributed by atoms with Crippen LogP contribution in [0.15, 0.2) is 58.3 Å². The fourth-order valence-corrected chi connectivity index (χ4v) is 4.92. The van der Waals surface area contributed by atoms with E-state index >= 15 is 0 Å². The number of carbonyl (C=O) groups is 1. The molecule has 0 spiro atoms. The molecule has 0 radical (unpaired) electrons. The lowest BCUT2D eigenvalue weighted by molar-refractivity contribution is -0.120. The molecule has 0 unspecified atom stereocenters. The number of nitrogens with zero attached hydrogens (tertiary/aromatic N) is 1. The molecule has 1 aliphatic rings. The number of sulfone groups is 1. The van der Waals surface area contributed by atoms with Gasteiger partial charge in [-0.15, -0.1) is 0 Å². The van der Waals surface area contributed by atoms with E-state index in [-0.39, 0.29) is 29.6 Å². The van der Waals surface area contributed by atoms with E-state index in [2.05, 4.69) is 5.32 Å². The van der Waals surface area contributed by atoms with Crippen LogP contribution in [-0.2, 0) is 24.7 Å². The minimum absolute atomic E-state index is 0.0535. The van der Waals surface area contributed by atoms with Gasteiger partial charge in [-0.05, 0) is 49.2 Å². The molecule has 2 aromatic carbocycles. The first-order chi connectivity index (χ1) is 14.8. The van der Waals surface area contributed by atoms with E-state index < -0.39 is 36.2 Å². The molecular weight excluding hydrogens is 471 g/mol. The predicted octanol–water partition coefficient (Wildman–Crippen LogP) is 2.48. The Labute approximate surface area is 183 Å². The van der Waals surface area contributed by atoms with Gasteiger partial charge in [-0.1, -0.05) is 12.1 Å². The number of hydrogen-bond acceptors (Lipinski definition) is 6. The van der Waals surface area contributed by atoms with Gasteiger partial charge in [0.2, 0.25) is 15.9 Å². The number of rotatable bonds is 5. The van der Waals surface area contributed by atoms with Crippen molar-refractivity contribution in [1.29, 1.82) is 0 Å². The summed E-state index contributed by atoms with van der Waals surface area (Å²) in [5.41, 5.74) is -5.10. The van der Waals surface area contributed by atoms with Crippen LogP contribution in [0.1, 0.15) is 12.8 Å². The van der Waals surface area contributed by atoms with E-state index in [9.17, 15) is 34.8 Å². The number of sulfonamides is 1. The lowest BCUT2D eigenvalue weighted by Gasteiger charge is -2.34. The van der Waals surface area contributed by atoms with E-state index in [1.54, 1.807) is 0 Å². The first-order valence-corrected chi connectivity index (χ1v) is 12.4. The Morgan fingerprint density at radius 3 is 2.06 bits per heavy atom. The number of anilines is 2. The lowest BCUT2D eigenvalue weighted by Crippen LogP contribution is -2.39. The topological polar surface area (TPSA) is 127 Å². The van der Waals surface area contributed by atoms with Gasteiger partial charge >= 0.3 is 5.51 Å². The Morgan fingerprint density at radius 1 is 0.969 bits per heavy atom. The summed E-state index contributed by atoms with van der Waals surface area (Å²) in [6.07, 6.45) is 0.586. The molecule has 1 amide bonds. The summed E-state index contributed by atoms with van der Waals surface area (Å²) in [7, 11) is -9.37. The van der Waals surface area contributed by atoms with Crippen molar-refractivity contribution in [2.24, 2.45) is 11.1 Å². The Hall–Kier alpha value is -2.64. The molecule has 3 N–H and O–H groups in total. The number of piperidine rings is 1. The summed E-state index contributed by atoms with van der Waals surface area (Å²) in [5, 5.41) is 7.69. The Bertz CT molecular complexity index is 1210. The van der Waals surface area contributed by atoms with Gasteiger partial charge in [0.25, 0.3) is 9.84 Å². The molecular formula is C19H20F3N3O5S2. The number of amides is 1. The second-order valence-electron chi connectivity index (χ2n) is 7.24. The maximum absolute atomic E-state index is 13.0. The summed E-state index contributed by atoms with van der Waals surface area (Å²) in [6, 6.07) is 10.2. The van der Waals surface area contributed by atoms with Crippen molar-refractivity contribution in [3.05, 3.63) is 48.5 Å². The van der Waals surface area contributed by atoms with Crippen LogP contribution >= 0.6 is 0 Å². The zero-order valence-corrected chi connectivity index (χ0v) is 18.2. The SMILES string of the molecule is NS(=O)(=O)c1ccc(NC(=O)C2CCN(c3ccccc3S(=O)(=O)C(F)(F)F)CC2)cc1. The van der Waals surface area contributed by atoms with Crippen LogP contribution in [-0.4, -0.2) is 41.3 Å². The highest BCUT2D eigenvalue weighted by molar-refractivity contribution is 7.92. The van der Waals surface area contributed by atoms with Crippen LogP contribution in [0, 0.1) is 5.92 Å². The molecule has 1 aliphatic heterocycles. The second-order valence-corrected chi connectivity index (χ2v) is 10.7. The molecule has 0 aliphatic carbocycles. The smallest absolute Gasteiger partial charge is 0.370 e. The van der Waals surface area contributed by atoms with Gasteiger partial charge in [0.1, 0.15) is 0 Å². The maximum Gasteiger partial charge on any atom is 0.501 e. The molecule has 1 saturated heterocycles. The molecule has 2 aromatic rings. The first-order valence-electron chi connectivity index (χ1n) is 9.40. The van der Waals surface area contributed by atoms with Gasteiger partial charge in [0.15, 0.2) is 0 Å². The monoisotopic (exact) mass is 491 g/mol. The van der Waals surface area contributed by atoms with E-state index in [4.69, 9.17) is 5.14 Å². The molecule has 0 atom stereocenters. The molecule has 13 heteroatoms. The number of carbonyl (C=O) groups excluding carboxylic acids is 1. The summed E-state index contributed by atoms with van der Waals surface area (Å²) >= 11 is 0. The average Bonchev–Trinajstić information content (AvgIpc) is 2.73. The zero-order chi connectivity index (χ0) is 23.7. The number of hydrogen-bond donors (Lipinski definition) is 2. The molecule has 174 valence electrons. The Balaban J connectivity index is 1.68. The number of nitrogens with one attached hydrogen (secondary N) is 1. The third-order valence-corrected chi connectivity index (χ3v) is 7.58. The van der Waals surface area contributed by atoms with Crippen LogP contribution in [0.2, 0.25) is 0 Å². The van der Waals surface area contributed by atoms with Crippen molar-refractivity contribution < 1.29 is 34.8 Å². The van der Waals surface area contributed by atoms with E-state index in [1.165, 1.54) is 47.4 Å². The fraction of sp³-hybridized carbons (Fsp3) is 0.316. The maximum atomic E-state index is 13.0. The standard InChI is InChI=1S/C19H20F3N3O5S2/c20-19(21,22)31(27,28)17-4-2-1-3-16(17)25-11-9-13(10-12-25)18(26)24-14-5-7-15(8-6-14)32(23,29)30/h1-8,13H,9-12H2,(H,24,26)(H2,23,29,30). The van der Waals surface area contributed by atoms with Gasteiger partial charge in [-0.3, -0.25) is 4.79 Å². The van der Waals surface area contributed by atoms with Crippen LogP contribution < -0.4 is 15.4 Å². The van der Waals surface area contributed by atoms with Crippen LogP contribution in [0.25, 0.3) is 0 Å². The molecule has 0 aromatic heterocycles. The normalized spacial score (nSPS) is 16.1. The molecule has 32 heavy (non-hydrogen) atoms. The van der Waals surface area contributed by atoms with Gasteiger partial charge in [-0.2, -0.15) is 13.2 Å². The van der Waals surface area contributed by atoms with Crippen molar-refractivity contribution in [1.82, 2.24) is 0 Å². The third-order valence-electron chi connectivity index (χ3n) is 5.12. The van der Waals surface area contributed by atoms with Gasteiger partial charge in [0.05, 0.1) is 15.5 Å². The fourth-order valence-electron chi connectivity index (χ4n) is 3.43. The number of nitrogens with two attached hydrogens (primary N) is 1. The Morgan fingerprint density at radius 2 is 1.53 bits per heavy atom. The number of benzene rings is 2. The first kappa shape index (κ1) is 24.0. The molecule has 1 heterocycles. The third kappa shape index (κ3) is 5.05. The molecule has 3 rings (SSSR count). The minimum atomic E-state index is -5.51. The Kier molecular flexibility index (Phi) is 6.54. The minimum Gasteiger partial charge on any atom is -0.370 e. The summed E-state index contributed by atoms with van der Waals surface area (Å²) in [4.78, 5) is 13.1. The van der Waals surface area contributed by atoms with Gasteiger partial charge in [-0.25, -0.2) is 22.0 Å². The summed E-state index contributed by atoms with van der Waals surface area (Å²) < 4.78 is 85.5. The number of halogens is 3. The number of primary sulfonamides is 1. The number of alkyl halides is 3. The van der Waals surface area contributed by atoms with Crippen molar-refractivity contribution >= 4 is 37.1 Å². The lowest BCUT2D eigenvalue weighted by atomic mass is 9.95. The molecule has 1 fully saturated rings. The predicted molar refractivity (Wildman–Crippen MR) is 111 cm³/mol. The van der Waals surface area contributed by atoms with Crippen molar-refractivity contribution in [2.75, 3.05) is 23.3 Å². The van der Waals surface area contributed by atoms with Gasteiger partial charge in [0, 0.05) is 24.7 Å². The average molecular weight is 492 g/mol. The molecule has 8 nitrogen and oxygen atoms in total. The second kappa shape index (κ2) is 8.71. The highest BCUT2D eigenvalue weighted by Crippen LogP contribution is 2.37. The van der Waals surface area contributed by atoms with Crippen molar-refractivity contribution in [3.63, 3.8) is 0 Å². The van der Waals surface area contributed by atoms with E-state index in [0.717, 1.165) is 6.07 Å². The van der Waals surface area contributed by atoms with Crippen molar-refractivity contribution in [2.45, 2.75) is 28.1 Å². The van der Waals surface area contributed by atoms with Crippen LogP contribution in [0.4, 0.5) is 24.5 Å². The number of para-hydroxylation sites is 1. The molecule has 0 bridgehead atoms. The largest absolute Gasteiger partial charge is 0.501 e. The van der Waals surface area contributed by atoms with E-state index in [1.807, 2.05) is 0 Å². The quantitative estimate of drug-likeness (QED) is 0.662. The summed E-state index contributed by atoms with van der Waals surface area (Å²) in [6.45, 7) is 0.375. The zero-order valence-electron chi connectivity index (χ0n) is 16.5. The summed E-state index contributed by atoms with van der Waals surface area (Å²) in [5.74, 6) is -0.778. The highest BCUT2D eigenvalue weighted by atomic mass is 32.2. The highest BCUT2D eigenvalue weighted by Gasteiger charge is 2.48. The molecule has 0 saturated carbocycles. The van der Waals surface area contributed by atoms with E-state index in [0.29, 0.717) is 18.5 Å². The van der Waals surface area contributed by atoms with Gasteiger partial charge < -0.3 is 10.2 Å².